The van der Waals surface area contributed by atoms with Crippen LogP contribution in [0.15, 0.2) is 48.5 Å². The first-order chi connectivity index (χ1) is 13.4. The Morgan fingerprint density at radius 1 is 1.11 bits per heavy atom. The monoisotopic (exact) mass is 405 g/mol. The molecule has 0 unspecified atom stereocenters. The zero-order valence-corrected chi connectivity index (χ0v) is 17.2. The van der Waals surface area contributed by atoms with Crippen LogP contribution in [-0.2, 0) is 14.8 Å². The van der Waals surface area contributed by atoms with Gasteiger partial charge in [-0.1, -0.05) is 30.3 Å². The Kier molecular flexibility index (Phi) is 6.59. The number of hydrogen-bond acceptors (Lipinski definition) is 5. The third-order valence-electron chi connectivity index (χ3n) is 4.60. The van der Waals surface area contributed by atoms with Gasteiger partial charge in [-0.25, -0.2) is 13.1 Å². The molecule has 1 aliphatic heterocycles. The Morgan fingerprint density at radius 2 is 1.82 bits per heavy atom. The lowest BCUT2D eigenvalue weighted by Gasteiger charge is -2.21. The van der Waals surface area contributed by atoms with Crippen LogP contribution in [0.1, 0.15) is 20.8 Å². The van der Waals surface area contributed by atoms with Crippen molar-refractivity contribution in [1.29, 1.82) is 0 Å². The lowest BCUT2D eigenvalue weighted by Crippen LogP contribution is -2.47. The molecule has 2 aromatic carbocycles. The minimum Gasteiger partial charge on any atom is -0.493 e. The molecule has 3 rings (SSSR count). The molecule has 0 bridgehead atoms. The van der Waals surface area contributed by atoms with Gasteiger partial charge < -0.3 is 14.2 Å². The molecule has 0 aliphatic carbocycles. The van der Waals surface area contributed by atoms with Crippen molar-refractivity contribution in [1.82, 2.24) is 4.72 Å². The number of sulfonamides is 1. The third kappa shape index (κ3) is 4.84. The highest BCUT2D eigenvalue weighted by Crippen LogP contribution is 2.31. The first-order valence-electron chi connectivity index (χ1n) is 9.48. The third-order valence-corrected chi connectivity index (χ3v) is 6.48. The first kappa shape index (κ1) is 20.6. The second-order valence-corrected chi connectivity index (χ2v) is 9.23. The quantitative estimate of drug-likeness (QED) is 0.730. The maximum Gasteiger partial charge on any atom is 0.214 e. The molecule has 2 aromatic rings. The van der Waals surface area contributed by atoms with Crippen LogP contribution in [0, 0.1) is 0 Å². The highest BCUT2D eigenvalue weighted by atomic mass is 32.2. The van der Waals surface area contributed by atoms with E-state index in [9.17, 15) is 8.42 Å². The smallest absolute Gasteiger partial charge is 0.214 e. The summed E-state index contributed by atoms with van der Waals surface area (Å²) in [5.41, 5.74) is 2.04. The van der Waals surface area contributed by atoms with E-state index in [0.29, 0.717) is 25.6 Å². The van der Waals surface area contributed by atoms with E-state index in [1.807, 2.05) is 55.5 Å². The normalized spacial score (nSPS) is 19.7. The van der Waals surface area contributed by atoms with Crippen LogP contribution in [-0.4, -0.2) is 45.6 Å². The van der Waals surface area contributed by atoms with E-state index in [4.69, 9.17) is 14.2 Å². The highest BCUT2D eigenvalue weighted by Gasteiger charge is 2.34. The molecule has 0 spiro atoms. The topological polar surface area (TPSA) is 73.9 Å². The summed E-state index contributed by atoms with van der Waals surface area (Å²) in [5.74, 6) is 1.51. The molecule has 6 nitrogen and oxygen atoms in total. The Balaban J connectivity index is 1.71. The molecule has 1 aliphatic rings. The van der Waals surface area contributed by atoms with Gasteiger partial charge in [0.1, 0.15) is 17.6 Å². The summed E-state index contributed by atoms with van der Waals surface area (Å²) in [6.07, 6.45) is -0.366. The van der Waals surface area contributed by atoms with Gasteiger partial charge in [-0.05, 0) is 44.5 Å². The van der Waals surface area contributed by atoms with Gasteiger partial charge in [-0.2, -0.15) is 0 Å². The predicted molar refractivity (Wildman–Crippen MR) is 109 cm³/mol. The summed E-state index contributed by atoms with van der Waals surface area (Å²) in [5, 5.41) is -0.501. The van der Waals surface area contributed by atoms with E-state index in [-0.39, 0.29) is 6.10 Å². The van der Waals surface area contributed by atoms with Gasteiger partial charge >= 0.3 is 0 Å². The van der Waals surface area contributed by atoms with Crippen molar-refractivity contribution in [2.24, 2.45) is 0 Å². The predicted octanol–water partition coefficient (Wildman–Crippen LogP) is 3.23. The molecule has 152 valence electrons. The number of nitrogens with one attached hydrogen (secondary N) is 1. The lowest BCUT2D eigenvalue weighted by atomic mass is 10.0. The second-order valence-electron chi connectivity index (χ2n) is 6.97. The van der Waals surface area contributed by atoms with Gasteiger partial charge in [0.25, 0.3) is 0 Å². The SMILES string of the molecule is CCOc1ccccc1-c1ccc(O[C@H]2COC[C@@H]2NS(=O)(=O)C(C)C)cc1. The van der Waals surface area contributed by atoms with Crippen molar-refractivity contribution >= 4 is 10.0 Å². The van der Waals surface area contributed by atoms with Crippen molar-refractivity contribution in [3.63, 3.8) is 0 Å². The number of para-hydroxylation sites is 1. The molecule has 7 heteroatoms. The number of rotatable bonds is 8. The maximum atomic E-state index is 12.1. The molecule has 1 heterocycles. The highest BCUT2D eigenvalue weighted by molar-refractivity contribution is 7.90. The Labute approximate surface area is 166 Å². The van der Waals surface area contributed by atoms with E-state index >= 15 is 0 Å². The van der Waals surface area contributed by atoms with Crippen LogP contribution in [0.25, 0.3) is 11.1 Å². The molecule has 0 amide bonds. The Morgan fingerprint density at radius 3 is 2.50 bits per heavy atom. The molecule has 0 saturated carbocycles. The summed E-state index contributed by atoms with van der Waals surface area (Å²) in [4.78, 5) is 0. The minimum atomic E-state index is -3.38. The molecule has 1 saturated heterocycles. The van der Waals surface area contributed by atoms with Gasteiger partial charge in [-0.3, -0.25) is 0 Å². The zero-order valence-electron chi connectivity index (χ0n) is 16.4. The Bertz CT molecular complexity index is 880. The zero-order chi connectivity index (χ0) is 20.1. The molecule has 0 aromatic heterocycles. The number of hydrogen-bond donors (Lipinski definition) is 1. The summed E-state index contributed by atoms with van der Waals surface area (Å²) in [6, 6.07) is 15.2. The molecular weight excluding hydrogens is 378 g/mol. The minimum absolute atomic E-state index is 0.302. The molecule has 1 N–H and O–H groups in total. The van der Waals surface area contributed by atoms with Crippen LogP contribution >= 0.6 is 0 Å². The van der Waals surface area contributed by atoms with Crippen LogP contribution in [0.4, 0.5) is 0 Å². The summed E-state index contributed by atoms with van der Waals surface area (Å²) >= 11 is 0. The fourth-order valence-electron chi connectivity index (χ4n) is 2.98. The van der Waals surface area contributed by atoms with Crippen LogP contribution in [0.3, 0.4) is 0 Å². The van der Waals surface area contributed by atoms with Gasteiger partial charge in [-0.15, -0.1) is 0 Å². The Hall–Kier alpha value is -2.09. The number of ether oxygens (including phenoxy) is 3. The molecule has 2 atom stereocenters. The van der Waals surface area contributed by atoms with Crippen molar-refractivity contribution in [2.75, 3.05) is 19.8 Å². The van der Waals surface area contributed by atoms with Crippen molar-refractivity contribution in [3.05, 3.63) is 48.5 Å². The first-order valence-corrected chi connectivity index (χ1v) is 11.0. The largest absolute Gasteiger partial charge is 0.493 e. The van der Waals surface area contributed by atoms with Crippen LogP contribution < -0.4 is 14.2 Å². The average Bonchev–Trinajstić information content (AvgIpc) is 3.09. The summed E-state index contributed by atoms with van der Waals surface area (Å²) in [6.45, 7) is 6.51. The van der Waals surface area contributed by atoms with Gasteiger partial charge in [0.15, 0.2) is 0 Å². The van der Waals surface area contributed by atoms with E-state index in [2.05, 4.69) is 4.72 Å². The average molecular weight is 406 g/mol. The van der Waals surface area contributed by atoms with E-state index < -0.39 is 21.3 Å². The molecule has 28 heavy (non-hydrogen) atoms. The summed E-state index contributed by atoms with van der Waals surface area (Å²) in [7, 11) is -3.38. The molecular formula is C21H27NO5S. The van der Waals surface area contributed by atoms with E-state index in [0.717, 1.165) is 16.9 Å². The van der Waals surface area contributed by atoms with Crippen LogP contribution in [0.2, 0.25) is 0 Å². The van der Waals surface area contributed by atoms with Gasteiger partial charge in [0.05, 0.1) is 31.1 Å². The van der Waals surface area contributed by atoms with Gasteiger partial charge in [0, 0.05) is 5.56 Å². The van der Waals surface area contributed by atoms with E-state index in [1.54, 1.807) is 13.8 Å². The van der Waals surface area contributed by atoms with Crippen molar-refractivity contribution < 1.29 is 22.6 Å². The van der Waals surface area contributed by atoms with Gasteiger partial charge in [0.2, 0.25) is 10.0 Å². The van der Waals surface area contributed by atoms with Crippen molar-refractivity contribution in [2.45, 2.75) is 38.2 Å². The summed E-state index contributed by atoms with van der Waals surface area (Å²) < 4.78 is 44.1. The number of benzene rings is 2. The molecule has 0 radical (unpaired) electrons. The maximum absolute atomic E-state index is 12.1. The molecule has 1 fully saturated rings. The van der Waals surface area contributed by atoms with Crippen molar-refractivity contribution in [3.8, 4) is 22.6 Å². The second kappa shape index (κ2) is 8.94. The lowest BCUT2D eigenvalue weighted by molar-refractivity contribution is 0.140. The fraction of sp³-hybridized carbons (Fsp3) is 0.429. The van der Waals surface area contributed by atoms with Crippen LogP contribution in [0.5, 0.6) is 11.5 Å². The van der Waals surface area contributed by atoms with E-state index in [1.165, 1.54) is 0 Å². The standard InChI is InChI=1S/C21H27NO5S/c1-4-26-20-8-6-5-7-18(20)16-9-11-17(12-10-16)27-21-14-25-13-19(21)22-28(23,24)15(2)3/h5-12,15,19,21-22H,4,13-14H2,1-3H3/t19-,21-/m0/s1. The fourth-order valence-corrected chi connectivity index (χ4v) is 3.90.